The van der Waals surface area contributed by atoms with Gasteiger partial charge in [-0.2, -0.15) is 0 Å². The van der Waals surface area contributed by atoms with Gasteiger partial charge in [-0.05, 0) is 111 Å². The Kier molecular flexibility index (Phi) is 18.7. The highest BCUT2D eigenvalue weighted by atomic mass is 35.5. The van der Waals surface area contributed by atoms with Crippen molar-refractivity contribution in [2.24, 2.45) is 11.8 Å². The van der Waals surface area contributed by atoms with Crippen LogP contribution in [-0.2, 0) is 9.47 Å². The van der Waals surface area contributed by atoms with Crippen LogP contribution in [0.4, 0.5) is 29.7 Å². The minimum absolute atomic E-state index is 0.230. The summed E-state index contributed by atoms with van der Waals surface area (Å²) in [5.74, 6) is -0.388. The van der Waals surface area contributed by atoms with Crippen LogP contribution in [0.1, 0.15) is 82.6 Å². The second kappa shape index (κ2) is 24.8. The summed E-state index contributed by atoms with van der Waals surface area (Å²) in [4.78, 5) is 56.6. The molecule has 2 heterocycles. The van der Waals surface area contributed by atoms with Crippen molar-refractivity contribution in [1.82, 2.24) is 31.3 Å². The van der Waals surface area contributed by atoms with Crippen LogP contribution in [0.2, 0.25) is 10.0 Å². The highest BCUT2D eigenvalue weighted by molar-refractivity contribution is 6.34. The molecule has 2 aliphatic heterocycles. The van der Waals surface area contributed by atoms with Gasteiger partial charge in [0.15, 0.2) is 0 Å². The number of hydrazine groups is 1. The van der Waals surface area contributed by atoms with E-state index in [4.69, 9.17) is 53.6 Å². The van der Waals surface area contributed by atoms with E-state index in [0.29, 0.717) is 84.1 Å². The van der Waals surface area contributed by atoms with Gasteiger partial charge in [-0.3, -0.25) is 9.59 Å². The molecule has 0 aromatic heterocycles. The molecule has 0 bridgehead atoms. The summed E-state index contributed by atoms with van der Waals surface area (Å²) < 4.78 is 50.0. The number of likely N-dealkylation sites (tertiary alicyclic amines) is 2. The first-order valence-electron chi connectivity index (χ1n) is 22.4. The topological polar surface area (TPSA) is 212 Å². The van der Waals surface area contributed by atoms with Crippen LogP contribution in [0.5, 0.6) is 11.5 Å². The van der Waals surface area contributed by atoms with Gasteiger partial charge >= 0.3 is 12.2 Å². The highest BCUT2D eigenvalue weighted by Crippen LogP contribution is 2.31. The fourth-order valence-electron chi connectivity index (χ4n) is 8.28. The number of halogens is 4. The first kappa shape index (κ1) is 51.3. The van der Waals surface area contributed by atoms with Gasteiger partial charge < -0.3 is 50.8 Å². The molecule has 366 valence electrons. The summed E-state index contributed by atoms with van der Waals surface area (Å²) in [6.45, 7) is 4.96. The third-order valence-electron chi connectivity index (χ3n) is 12.3. The molecule has 4 aromatic rings. The van der Waals surface area contributed by atoms with Crippen molar-refractivity contribution in [3.63, 3.8) is 0 Å². The van der Waals surface area contributed by atoms with Gasteiger partial charge in [-0.1, -0.05) is 47.5 Å². The summed E-state index contributed by atoms with van der Waals surface area (Å²) in [5, 5.41) is 6.48. The Morgan fingerprint density at radius 1 is 0.618 bits per heavy atom. The monoisotopic (exact) mass is 982 g/mol. The maximum absolute atomic E-state index is 13.9. The number of nitrogens with two attached hydrogens (primary N) is 2. The molecule has 68 heavy (non-hydrogen) atoms. The van der Waals surface area contributed by atoms with E-state index < -0.39 is 36.0 Å². The van der Waals surface area contributed by atoms with Crippen LogP contribution in [0.15, 0.2) is 72.8 Å². The number of benzene rings is 4. The van der Waals surface area contributed by atoms with Crippen LogP contribution in [0.25, 0.3) is 0 Å². The number of nitrogen functional groups attached to an aromatic ring is 2. The lowest BCUT2D eigenvalue weighted by Gasteiger charge is -2.33. The second-order valence-electron chi connectivity index (χ2n) is 16.9. The van der Waals surface area contributed by atoms with Crippen molar-refractivity contribution in [3.05, 3.63) is 117 Å². The molecule has 0 saturated carbocycles. The Morgan fingerprint density at radius 3 is 1.31 bits per heavy atom. The number of hydrogen-bond acceptors (Lipinski definition) is 12. The van der Waals surface area contributed by atoms with Crippen molar-refractivity contribution < 1.29 is 46.9 Å². The molecule has 6 rings (SSSR count). The Bertz CT molecular complexity index is 2190. The minimum atomic E-state index is -0.960. The van der Waals surface area contributed by atoms with Gasteiger partial charge in [0, 0.05) is 51.2 Å². The molecule has 2 atom stereocenters. The van der Waals surface area contributed by atoms with Crippen molar-refractivity contribution in [2.75, 3.05) is 78.0 Å². The molecule has 20 heteroatoms. The van der Waals surface area contributed by atoms with E-state index in [0.717, 1.165) is 51.9 Å². The highest BCUT2D eigenvalue weighted by Gasteiger charge is 2.27. The van der Waals surface area contributed by atoms with Crippen LogP contribution < -0.4 is 42.4 Å². The van der Waals surface area contributed by atoms with E-state index in [1.165, 1.54) is 87.0 Å². The van der Waals surface area contributed by atoms with Gasteiger partial charge in [-0.25, -0.2) is 29.2 Å². The standard InChI is InChI=1S/C48H58Cl2F2N8O8/c1-65-43-25-39(53)37(49)23-35(43)45(61)55-27-29-11-17-59(18-12-29)21-15-41(31-3-7-33(51)8-4-31)67-47(63)57-58-48(64)68-42(32-5-9-34(52)10-6-32)16-22-60-19-13-30(14-20-60)28-56-46(62)36-24-38(50)40(54)26-44(36)66-2/h3-10,23-26,29-30,41-42H,11-22,27-28,53-54H2,1-2H3,(H,55,61)(H,56,62)(H,57,63)(H,58,64). The summed E-state index contributed by atoms with van der Waals surface area (Å²) in [7, 11) is 2.91. The van der Waals surface area contributed by atoms with Crippen LogP contribution >= 0.6 is 23.2 Å². The number of carbonyl (C=O) groups is 4. The number of methoxy groups -OCH3 is 2. The smallest absolute Gasteiger partial charge is 0.426 e. The van der Waals surface area contributed by atoms with Crippen molar-refractivity contribution in [2.45, 2.75) is 50.7 Å². The number of piperidine rings is 2. The normalized spacial score (nSPS) is 15.7. The maximum atomic E-state index is 13.9. The molecule has 2 saturated heterocycles. The molecule has 0 spiro atoms. The molecule has 0 aliphatic carbocycles. The molecular weight excluding hydrogens is 925 g/mol. The van der Waals surface area contributed by atoms with E-state index >= 15 is 0 Å². The molecule has 2 unspecified atom stereocenters. The zero-order chi connectivity index (χ0) is 48.7. The Morgan fingerprint density at radius 2 is 0.971 bits per heavy atom. The van der Waals surface area contributed by atoms with E-state index in [1.807, 2.05) is 0 Å². The average Bonchev–Trinajstić information content (AvgIpc) is 3.34. The predicted molar refractivity (Wildman–Crippen MR) is 255 cm³/mol. The van der Waals surface area contributed by atoms with Gasteiger partial charge in [0.25, 0.3) is 11.8 Å². The number of anilines is 2. The SMILES string of the molecule is COc1cc(N)c(Cl)cc1C(=O)NCC1CCN(CCC(OC(=O)NNC(=O)OC(CCN2CCC(CNC(=O)c3cc(Cl)c(N)cc3OC)CC2)c2ccc(F)cc2)c2ccc(F)cc2)CC1. The molecule has 2 fully saturated rings. The number of ether oxygens (including phenoxy) is 4. The second-order valence-corrected chi connectivity index (χ2v) is 17.7. The van der Waals surface area contributed by atoms with Crippen LogP contribution in [-0.4, -0.2) is 100 Å². The summed E-state index contributed by atoms with van der Waals surface area (Å²) in [6, 6.07) is 17.3. The van der Waals surface area contributed by atoms with Crippen molar-refractivity contribution in [1.29, 1.82) is 0 Å². The molecule has 2 aliphatic rings. The lowest BCUT2D eigenvalue weighted by Crippen LogP contribution is -2.43. The first-order valence-corrected chi connectivity index (χ1v) is 23.2. The predicted octanol–water partition coefficient (Wildman–Crippen LogP) is 7.67. The maximum Gasteiger partial charge on any atom is 0.426 e. The fraction of sp³-hybridized carbons (Fsp3) is 0.417. The van der Waals surface area contributed by atoms with E-state index in [-0.39, 0.29) is 33.7 Å². The molecule has 16 nitrogen and oxygen atoms in total. The summed E-state index contributed by atoms with van der Waals surface area (Å²) in [6.07, 6.45) is 0.497. The lowest BCUT2D eigenvalue weighted by atomic mass is 9.96. The summed E-state index contributed by atoms with van der Waals surface area (Å²) in [5.41, 5.74) is 18.6. The fourth-order valence-corrected chi connectivity index (χ4v) is 8.61. The third kappa shape index (κ3) is 14.7. The third-order valence-corrected chi connectivity index (χ3v) is 13.0. The number of hydrogen-bond donors (Lipinski definition) is 6. The molecular formula is C48H58Cl2F2N8O8. The van der Waals surface area contributed by atoms with Gasteiger partial charge in [0.1, 0.15) is 35.3 Å². The minimum Gasteiger partial charge on any atom is -0.496 e. The zero-order valence-electron chi connectivity index (χ0n) is 38.0. The van der Waals surface area contributed by atoms with Gasteiger partial charge in [0.05, 0.1) is 46.8 Å². The van der Waals surface area contributed by atoms with E-state index in [2.05, 4.69) is 31.3 Å². The van der Waals surface area contributed by atoms with E-state index in [1.54, 1.807) is 0 Å². The lowest BCUT2D eigenvalue weighted by molar-refractivity contribution is 0.0632. The zero-order valence-corrected chi connectivity index (χ0v) is 39.5. The van der Waals surface area contributed by atoms with Crippen molar-refractivity contribution >= 4 is 58.6 Å². The molecule has 0 radical (unpaired) electrons. The van der Waals surface area contributed by atoms with Gasteiger partial charge in [0.2, 0.25) is 0 Å². The quantitative estimate of drug-likeness (QED) is 0.0419. The summed E-state index contributed by atoms with van der Waals surface area (Å²) >= 11 is 12.3. The Balaban J connectivity index is 0.948. The number of amides is 4. The average molecular weight is 984 g/mol. The van der Waals surface area contributed by atoms with Gasteiger partial charge in [-0.15, -0.1) is 0 Å². The first-order chi connectivity index (χ1) is 32.7. The molecule has 4 aromatic carbocycles. The van der Waals surface area contributed by atoms with E-state index in [9.17, 15) is 28.0 Å². The number of rotatable bonds is 18. The number of nitrogens with zero attached hydrogens (tertiary/aromatic N) is 2. The molecule has 8 N–H and O–H groups in total. The Labute approximate surface area is 404 Å². The number of nitrogens with one attached hydrogen (secondary N) is 4. The largest absolute Gasteiger partial charge is 0.496 e. The number of carbonyl (C=O) groups excluding carboxylic acids is 4. The van der Waals surface area contributed by atoms with Crippen LogP contribution in [0.3, 0.4) is 0 Å². The Hall–Kier alpha value is -6.08. The molecule has 4 amide bonds. The van der Waals surface area contributed by atoms with Crippen molar-refractivity contribution in [3.8, 4) is 11.5 Å². The van der Waals surface area contributed by atoms with Crippen LogP contribution in [0, 0.1) is 23.5 Å².